The van der Waals surface area contributed by atoms with Crippen molar-refractivity contribution >= 4 is 0 Å². The number of methoxy groups -OCH3 is 1. The maximum absolute atomic E-state index is 9.98. The second-order valence-corrected chi connectivity index (χ2v) is 4.81. The molecule has 0 bridgehead atoms. The summed E-state index contributed by atoms with van der Waals surface area (Å²) in [6.45, 7) is 10.2. The minimum absolute atomic E-state index is 0.302. The van der Waals surface area contributed by atoms with Gasteiger partial charge in [0.1, 0.15) is 5.75 Å². The maximum atomic E-state index is 9.98. The van der Waals surface area contributed by atoms with E-state index >= 15 is 0 Å². The quantitative estimate of drug-likeness (QED) is 0.635. The highest BCUT2D eigenvalue weighted by Gasteiger charge is 2.09. The third kappa shape index (κ3) is 7.09. The highest BCUT2D eigenvalue weighted by Crippen LogP contribution is 2.12. The molecular weight excluding hydrogens is 266 g/mol. The molecule has 0 heterocycles. The lowest BCUT2D eigenvalue weighted by molar-refractivity contribution is 0.0132. The molecule has 0 radical (unpaired) electrons. The molecule has 0 unspecified atom stereocenters. The van der Waals surface area contributed by atoms with Gasteiger partial charge in [0, 0.05) is 19.6 Å². The molecule has 0 aliphatic carbocycles. The zero-order valence-corrected chi connectivity index (χ0v) is 12.7. The van der Waals surface area contributed by atoms with E-state index in [-0.39, 0.29) is 0 Å². The van der Waals surface area contributed by atoms with Gasteiger partial charge in [0.25, 0.3) is 0 Å². The number of rotatable bonds is 11. The first-order chi connectivity index (χ1) is 10.2. The monoisotopic (exact) mass is 291 g/mol. The van der Waals surface area contributed by atoms with E-state index in [0.29, 0.717) is 19.8 Å². The lowest BCUT2D eigenvalue weighted by atomic mass is 10.2. The second-order valence-electron chi connectivity index (χ2n) is 4.81. The molecule has 0 amide bonds. The number of benzene rings is 1. The number of hydrogen-bond acceptors (Lipinski definition) is 4. The Labute approximate surface area is 127 Å². The number of aliphatic hydroxyl groups is 1. The third-order valence-corrected chi connectivity index (χ3v) is 2.98. The van der Waals surface area contributed by atoms with E-state index in [1.165, 1.54) is 0 Å². The average molecular weight is 291 g/mol. The molecule has 1 N–H and O–H groups in total. The fourth-order valence-electron chi connectivity index (χ4n) is 1.97. The van der Waals surface area contributed by atoms with Gasteiger partial charge in [0.15, 0.2) is 0 Å². The largest absolute Gasteiger partial charge is 0.497 e. The van der Waals surface area contributed by atoms with Crippen LogP contribution in [0.4, 0.5) is 0 Å². The standard InChI is InChI=1S/C17H25NO3/c1-4-10-18(11-5-2)12-16(19)14-21-13-15-6-8-17(20-3)9-7-15/h4-9,16,19H,1-2,10-14H2,3H3/t16-/m1/s1. The van der Waals surface area contributed by atoms with Gasteiger partial charge in [-0.1, -0.05) is 24.3 Å². The molecule has 21 heavy (non-hydrogen) atoms. The summed E-state index contributed by atoms with van der Waals surface area (Å²) in [5, 5.41) is 9.98. The zero-order chi connectivity index (χ0) is 15.5. The molecule has 0 aromatic heterocycles. The normalized spacial score (nSPS) is 12.1. The van der Waals surface area contributed by atoms with Crippen molar-refractivity contribution < 1.29 is 14.6 Å². The number of nitrogens with zero attached hydrogens (tertiary/aromatic N) is 1. The highest BCUT2D eigenvalue weighted by molar-refractivity contribution is 5.26. The van der Waals surface area contributed by atoms with Crippen LogP contribution < -0.4 is 4.74 Å². The summed E-state index contributed by atoms with van der Waals surface area (Å²) in [4.78, 5) is 2.06. The van der Waals surface area contributed by atoms with Gasteiger partial charge in [-0.15, -0.1) is 13.2 Å². The van der Waals surface area contributed by atoms with E-state index in [1.54, 1.807) is 7.11 Å². The van der Waals surface area contributed by atoms with Crippen molar-refractivity contribution in [2.24, 2.45) is 0 Å². The van der Waals surface area contributed by atoms with Crippen LogP contribution in [0.2, 0.25) is 0 Å². The van der Waals surface area contributed by atoms with Crippen molar-refractivity contribution in [2.75, 3.05) is 33.4 Å². The summed E-state index contributed by atoms with van der Waals surface area (Å²) in [6, 6.07) is 7.69. The summed E-state index contributed by atoms with van der Waals surface area (Å²) in [6.07, 6.45) is 3.10. The maximum Gasteiger partial charge on any atom is 0.118 e. The van der Waals surface area contributed by atoms with Gasteiger partial charge >= 0.3 is 0 Å². The minimum atomic E-state index is -0.525. The number of hydrogen-bond donors (Lipinski definition) is 1. The van der Waals surface area contributed by atoms with Crippen LogP contribution >= 0.6 is 0 Å². The Morgan fingerprint density at radius 2 is 1.81 bits per heavy atom. The molecule has 0 saturated heterocycles. The van der Waals surface area contributed by atoms with Crippen LogP contribution in [-0.4, -0.2) is 49.5 Å². The lowest BCUT2D eigenvalue weighted by Gasteiger charge is -2.22. The molecule has 116 valence electrons. The highest BCUT2D eigenvalue weighted by atomic mass is 16.5. The van der Waals surface area contributed by atoms with Crippen LogP contribution in [0.1, 0.15) is 5.56 Å². The van der Waals surface area contributed by atoms with Gasteiger partial charge in [-0.3, -0.25) is 4.90 Å². The van der Waals surface area contributed by atoms with Crippen LogP contribution in [0.5, 0.6) is 5.75 Å². The van der Waals surface area contributed by atoms with Gasteiger partial charge in [0.05, 0.1) is 26.4 Å². The topological polar surface area (TPSA) is 41.9 Å². The van der Waals surface area contributed by atoms with Crippen LogP contribution in [0.3, 0.4) is 0 Å². The van der Waals surface area contributed by atoms with Crippen molar-refractivity contribution in [1.82, 2.24) is 4.90 Å². The summed E-state index contributed by atoms with van der Waals surface area (Å²) < 4.78 is 10.6. The van der Waals surface area contributed by atoms with E-state index < -0.39 is 6.10 Å². The van der Waals surface area contributed by atoms with Gasteiger partial charge in [-0.05, 0) is 17.7 Å². The van der Waals surface area contributed by atoms with Crippen molar-refractivity contribution in [3.05, 3.63) is 55.1 Å². The zero-order valence-electron chi connectivity index (χ0n) is 12.7. The van der Waals surface area contributed by atoms with Crippen LogP contribution in [0.25, 0.3) is 0 Å². The van der Waals surface area contributed by atoms with Crippen molar-refractivity contribution in [3.8, 4) is 5.75 Å². The molecule has 0 spiro atoms. The molecule has 4 nitrogen and oxygen atoms in total. The fourth-order valence-corrected chi connectivity index (χ4v) is 1.97. The molecular formula is C17H25NO3. The Morgan fingerprint density at radius 3 is 2.33 bits per heavy atom. The Bertz CT molecular complexity index is 407. The van der Waals surface area contributed by atoms with E-state index in [4.69, 9.17) is 9.47 Å². The van der Waals surface area contributed by atoms with E-state index in [0.717, 1.165) is 24.4 Å². The molecule has 0 saturated carbocycles. The minimum Gasteiger partial charge on any atom is -0.497 e. The predicted molar refractivity (Wildman–Crippen MR) is 85.5 cm³/mol. The van der Waals surface area contributed by atoms with Crippen LogP contribution in [0, 0.1) is 0 Å². The van der Waals surface area contributed by atoms with E-state index in [9.17, 15) is 5.11 Å². The van der Waals surface area contributed by atoms with Gasteiger partial charge in [-0.2, -0.15) is 0 Å². The Balaban J connectivity index is 2.29. The summed E-state index contributed by atoms with van der Waals surface area (Å²) in [7, 11) is 1.64. The summed E-state index contributed by atoms with van der Waals surface area (Å²) in [5.74, 6) is 0.822. The van der Waals surface area contributed by atoms with E-state index in [2.05, 4.69) is 18.1 Å². The molecule has 1 rings (SSSR count). The average Bonchev–Trinajstić information content (AvgIpc) is 2.48. The molecule has 0 fully saturated rings. The van der Waals surface area contributed by atoms with E-state index in [1.807, 2.05) is 36.4 Å². The summed E-state index contributed by atoms with van der Waals surface area (Å²) >= 11 is 0. The first-order valence-electron chi connectivity index (χ1n) is 7.02. The molecule has 0 aliphatic rings. The molecule has 1 aromatic rings. The lowest BCUT2D eigenvalue weighted by Crippen LogP contribution is -2.35. The van der Waals surface area contributed by atoms with Crippen LogP contribution in [0.15, 0.2) is 49.6 Å². The van der Waals surface area contributed by atoms with Gasteiger partial charge in [0.2, 0.25) is 0 Å². The summed E-state index contributed by atoms with van der Waals surface area (Å²) in [5.41, 5.74) is 1.05. The van der Waals surface area contributed by atoms with Crippen molar-refractivity contribution in [1.29, 1.82) is 0 Å². The molecule has 1 atom stereocenters. The Morgan fingerprint density at radius 1 is 1.19 bits per heavy atom. The van der Waals surface area contributed by atoms with Crippen molar-refractivity contribution in [3.63, 3.8) is 0 Å². The van der Waals surface area contributed by atoms with Crippen molar-refractivity contribution in [2.45, 2.75) is 12.7 Å². The fraction of sp³-hybridized carbons (Fsp3) is 0.412. The third-order valence-electron chi connectivity index (χ3n) is 2.98. The first kappa shape index (κ1) is 17.4. The Hall–Kier alpha value is -1.62. The second kappa shape index (κ2) is 10.2. The van der Waals surface area contributed by atoms with Crippen LogP contribution in [-0.2, 0) is 11.3 Å². The number of aliphatic hydroxyl groups excluding tert-OH is 1. The molecule has 4 heteroatoms. The Kier molecular flexibility index (Phi) is 8.43. The first-order valence-corrected chi connectivity index (χ1v) is 7.02. The SMILES string of the molecule is C=CCN(CC=C)C[C@@H](O)COCc1ccc(OC)cc1. The smallest absolute Gasteiger partial charge is 0.118 e. The number of ether oxygens (including phenoxy) is 2. The van der Waals surface area contributed by atoms with Gasteiger partial charge in [-0.25, -0.2) is 0 Å². The molecule has 1 aromatic carbocycles. The van der Waals surface area contributed by atoms with Gasteiger partial charge < -0.3 is 14.6 Å². The molecule has 0 aliphatic heterocycles. The predicted octanol–water partition coefficient (Wildman–Crippen LogP) is 2.25.